The van der Waals surface area contributed by atoms with Crippen LogP contribution in [0.4, 0.5) is 5.69 Å². The monoisotopic (exact) mass is 265 g/mol. The number of benzene rings is 2. The van der Waals surface area contributed by atoms with Gasteiger partial charge in [-0.1, -0.05) is 36.4 Å². The Morgan fingerprint density at radius 3 is 2.30 bits per heavy atom. The number of carbonyl (C=O) groups excluding carboxylic acids is 2. The summed E-state index contributed by atoms with van der Waals surface area (Å²) < 4.78 is 0. The molecule has 0 bridgehead atoms. The summed E-state index contributed by atoms with van der Waals surface area (Å²) in [4.78, 5) is 27.9. The number of carbonyl (C=O) groups is 2. The summed E-state index contributed by atoms with van der Waals surface area (Å²) in [5.41, 5.74) is 1.92. The normalized spacial score (nSPS) is 16.3. The van der Waals surface area contributed by atoms with Gasteiger partial charge in [0.15, 0.2) is 0 Å². The number of nitrogens with zero attached hydrogens (tertiary/aromatic N) is 1. The number of phenolic OH excluding ortho intramolecular Hbond substituents is 1. The molecule has 1 aliphatic carbocycles. The highest BCUT2D eigenvalue weighted by Crippen LogP contribution is 2.28. The third-order valence-electron chi connectivity index (χ3n) is 3.20. The minimum absolute atomic E-state index is 0.0375. The molecule has 0 atom stereocenters. The Balaban J connectivity index is 2.16. The number of aliphatic imine (C=N–C) groups is 1. The molecule has 0 aliphatic heterocycles. The van der Waals surface area contributed by atoms with E-state index in [1.807, 2.05) is 0 Å². The van der Waals surface area contributed by atoms with Gasteiger partial charge in [0.25, 0.3) is 0 Å². The Bertz CT molecular complexity index is 747. The van der Waals surface area contributed by atoms with E-state index < -0.39 is 11.6 Å². The van der Waals surface area contributed by atoms with Gasteiger partial charge in [0.05, 0.1) is 12.1 Å². The quantitative estimate of drug-likeness (QED) is 0.806. The molecule has 2 aromatic carbocycles. The zero-order valence-corrected chi connectivity index (χ0v) is 10.5. The average Bonchev–Trinajstić information content (AvgIpc) is 2.47. The number of hydrogen-bond donors (Lipinski definition) is 1. The number of phenols is 1. The molecule has 3 rings (SSSR count). The summed E-state index contributed by atoms with van der Waals surface area (Å²) in [5, 5.41) is 9.75. The first-order chi connectivity index (χ1) is 9.66. The predicted molar refractivity (Wildman–Crippen MR) is 74.7 cm³/mol. The molecule has 4 heteroatoms. The summed E-state index contributed by atoms with van der Waals surface area (Å²) in [6.45, 7) is 0. The highest BCUT2D eigenvalue weighted by molar-refractivity contribution is 6.51. The van der Waals surface area contributed by atoms with Gasteiger partial charge < -0.3 is 5.11 Å². The number of Topliss-reactive ketones (excluding diaryl/α,β-unsaturated/α-hetero) is 2. The molecule has 2 aromatic rings. The van der Waals surface area contributed by atoms with Gasteiger partial charge in [0, 0.05) is 11.1 Å². The van der Waals surface area contributed by atoms with Crippen LogP contribution in [0.5, 0.6) is 5.75 Å². The fourth-order valence-electron chi connectivity index (χ4n) is 2.21. The molecule has 1 aliphatic rings. The average molecular weight is 265 g/mol. The van der Waals surface area contributed by atoms with Crippen LogP contribution >= 0.6 is 0 Å². The molecule has 1 N–H and O–H groups in total. The molecular formula is C16H11NO3. The van der Waals surface area contributed by atoms with E-state index >= 15 is 0 Å². The number of ketones is 2. The summed E-state index contributed by atoms with van der Waals surface area (Å²) in [5.74, 6) is -0.906. The topological polar surface area (TPSA) is 66.7 Å². The molecule has 0 amide bonds. The van der Waals surface area contributed by atoms with Crippen molar-refractivity contribution in [2.75, 3.05) is 0 Å². The van der Waals surface area contributed by atoms with Gasteiger partial charge in [-0.15, -0.1) is 0 Å². The highest BCUT2D eigenvalue weighted by atomic mass is 16.3. The maximum atomic E-state index is 11.8. The van der Waals surface area contributed by atoms with Crippen molar-refractivity contribution >= 4 is 23.0 Å². The van der Waals surface area contributed by atoms with Gasteiger partial charge in [0.1, 0.15) is 11.4 Å². The van der Waals surface area contributed by atoms with Crippen molar-refractivity contribution in [1.82, 2.24) is 0 Å². The second-order valence-corrected chi connectivity index (χ2v) is 4.52. The molecule has 0 saturated carbocycles. The van der Waals surface area contributed by atoms with Crippen molar-refractivity contribution in [1.29, 1.82) is 0 Å². The lowest BCUT2D eigenvalue weighted by atomic mass is 9.88. The van der Waals surface area contributed by atoms with Crippen LogP contribution in [0.3, 0.4) is 0 Å². The first-order valence-corrected chi connectivity index (χ1v) is 6.19. The molecule has 0 heterocycles. The molecule has 0 spiro atoms. The Labute approximate surface area is 115 Å². The van der Waals surface area contributed by atoms with Crippen molar-refractivity contribution in [3.8, 4) is 5.75 Å². The van der Waals surface area contributed by atoms with Gasteiger partial charge >= 0.3 is 0 Å². The number of fused-ring (bicyclic) bond motifs is 1. The van der Waals surface area contributed by atoms with Crippen LogP contribution in [-0.2, 0) is 4.79 Å². The minimum Gasteiger partial charge on any atom is -0.506 e. The van der Waals surface area contributed by atoms with Crippen molar-refractivity contribution in [3.05, 3.63) is 59.7 Å². The largest absolute Gasteiger partial charge is 0.506 e. The standard InChI is InChI=1S/C16H11NO3/c18-14-8-4-3-7-12(14)17-13-9-15(19)16(20)11-6-2-1-5-10(11)13/h1-8,18H,9H2. The Hall–Kier alpha value is -2.75. The molecule has 0 radical (unpaired) electrons. The van der Waals surface area contributed by atoms with E-state index in [9.17, 15) is 14.7 Å². The van der Waals surface area contributed by atoms with Gasteiger partial charge in [0.2, 0.25) is 11.6 Å². The molecule has 0 saturated heterocycles. The van der Waals surface area contributed by atoms with Crippen molar-refractivity contribution < 1.29 is 14.7 Å². The Morgan fingerprint density at radius 2 is 1.55 bits per heavy atom. The molecule has 98 valence electrons. The molecule has 4 nitrogen and oxygen atoms in total. The van der Waals surface area contributed by atoms with Crippen LogP contribution in [0, 0.1) is 0 Å². The number of aromatic hydroxyl groups is 1. The van der Waals surface area contributed by atoms with E-state index in [-0.39, 0.29) is 12.2 Å². The molecule has 0 aromatic heterocycles. The Kier molecular flexibility index (Phi) is 2.91. The predicted octanol–water partition coefficient (Wildman–Crippen LogP) is 2.67. The number of hydrogen-bond acceptors (Lipinski definition) is 4. The third kappa shape index (κ3) is 2.01. The smallest absolute Gasteiger partial charge is 0.229 e. The van der Waals surface area contributed by atoms with Crippen LogP contribution < -0.4 is 0 Å². The lowest BCUT2D eigenvalue weighted by Crippen LogP contribution is -2.27. The highest BCUT2D eigenvalue weighted by Gasteiger charge is 2.28. The van der Waals surface area contributed by atoms with Crippen LogP contribution in [0.25, 0.3) is 0 Å². The SMILES string of the molecule is O=C1CC(=Nc2ccccc2O)c2ccccc2C1=O. The maximum Gasteiger partial charge on any atom is 0.229 e. The summed E-state index contributed by atoms with van der Waals surface area (Å²) in [6.07, 6.45) is -0.0375. The van der Waals surface area contributed by atoms with E-state index in [2.05, 4.69) is 4.99 Å². The summed E-state index contributed by atoms with van der Waals surface area (Å²) in [7, 11) is 0. The van der Waals surface area contributed by atoms with Gasteiger partial charge in [-0.2, -0.15) is 0 Å². The second-order valence-electron chi connectivity index (χ2n) is 4.52. The first-order valence-electron chi connectivity index (χ1n) is 6.19. The van der Waals surface area contributed by atoms with Gasteiger partial charge in [-0.3, -0.25) is 9.59 Å². The summed E-state index contributed by atoms with van der Waals surface area (Å²) in [6, 6.07) is 13.5. The van der Waals surface area contributed by atoms with E-state index in [4.69, 9.17) is 0 Å². The molecular weight excluding hydrogens is 254 g/mol. The number of rotatable bonds is 1. The molecule has 20 heavy (non-hydrogen) atoms. The van der Waals surface area contributed by atoms with E-state index in [1.165, 1.54) is 6.07 Å². The van der Waals surface area contributed by atoms with E-state index in [0.29, 0.717) is 22.5 Å². The zero-order chi connectivity index (χ0) is 14.1. The summed E-state index contributed by atoms with van der Waals surface area (Å²) >= 11 is 0. The third-order valence-corrected chi connectivity index (χ3v) is 3.20. The first kappa shape index (κ1) is 12.3. The van der Waals surface area contributed by atoms with Gasteiger partial charge in [-0.05, 0) is 12.1 Å². The molecule has 0 fully saturated rings. The number of para-hydroxylation sites is 2. The lowest BCUT2D eigenvalue weighted by Gasteiger charge is -2.16. The van der Waals surface area contributed by atoms with Crippen LogP contribution in [0.1, 0.15) is 22.3 Å². The zero-order valence-electron chi connectivity index (χ0n) is 10.5. The van der Waals surface area contributed by atoms with Crippen LogP contribution in [0.2, 0.25) is 0 Å². The minimum atomic E-state index is -0.475. The van der Waals surface area contributed by atoms with Crippen LogP contribution in [0.15, 0.2) is 53.5 Å². The fourth-order valence-corrected chi connectivity index (χ4v) is 2.21. The van der Waals surface area contributed by atoms with Crippen molar-refractivity contribution in [2.45, 2.75) is 6.42 Å². The van der Waals surface area contributed by atoms with E-state index in [0.717, 1.165) is 0 Å². The van der Waals surface area contributed by atoms with Crippen molar-refractivity contribution in [2.24, 2.45) is 4.99 Å². The van der Waals surface area contributed by atoms with Crippen LogP contribution in [-0.4, -0.2) is 22.4 Å². The van der Waals surface area contributed by atoms with Crippen molar-refractivity contribution in [3.63, 3.8) is 0 Å². The maximum absolute atomic E-state index is 11.8. The van der Waals surface area contributed by atoms with Gasteiger partial charge in [-0.25, -0.2) is 4.99 Å². The lowest BCUT2D eigenvalue weighted by molar-refractivity contribution is -0.114. The fraction of sp³-hybridized carbons (Fsp3) is 0.0625. The second kappa shape index (κ2) is 4.74. The van der Waals surface area contributed by atoms with E-state index in [1.54, 1.807) is 42.5 Å². The Morgan fingerprint density at radius 1 is 0.900 bits per heavy atom. The molecule has 0 unspecified atom stereocenters.